The monoisotopic (exact) mass is 321 g/mol. The second kappa shape index (κ2) is 6.69. The molecule has 3 aliphatic heterocycles. The number of nitrogens with one attached hydrogen (secondary N) is 1. The van der Waals surface area contributed by atoms with Gasteiger partial charge in [0.25, 0.3) is 0 Å². The zero-order valence-electron chi connectivity index (χ0n) is 14.3. The summed E-state index contributed by atoms with van der Waals surface area (Å²) in [5.41, 5.74) is 0.374. The van der Waals surface area contributed by atoms with Crippen LogP contribution >= 0.6 is 0 Å². The summed E-state index contributed by atoms with van der Waals surface area (Å²) in [6, 6.07) is 0. The van der Waals surface area contributed by atoms with Crippen molar-refractivity contribution in [3.8, 4) is 0 Å². The van der Waals surface area contributed by atoms with Gasteiger partial charge in [-0.3, -0.25) is 9.69 Å². The summed E-state index contributed by atoms with van der Waals surface area (Å²) in [5, 5.41) is 3.43. The van der Waals surface area contributed by atoms with Crippen molar-refractivity contribution in [2.75, 3.05) is 59.0 Å². The minimum Gasteiger partial charge on any atom is -0.379 e. The van der Waals surface area contributed by atoms with Crippen molar-refractivity contribution in [3.05, 3.63) is 0 Å². The predicted octanol–water partition coefficient (Wildman–Crippen LogP) is 0.947. The average molecular weight is 321 g/mol. The number of ether oxygens (including phenoxy) is 1. The molecule has 1 N–H and O–H groups in total. The number of carbonyl (C=O) groups is 1. The lowest BCUT2D eigenvalue weighted by Crippen LogP contribution is -2.47. The van der Waals surface area contributed by atoms with Crippen molar-refractivity contribution >= 4 is 5.91 Å². The Hall–Kier alpha value is -0.650. The summed E-state index contributed by atoms with van der Waals surface area (Å²) < 4.78 is 5.44. The van der Waals surface area contributed by atoms with E-state index in [2.05, 4.69) is 15.1 Å². The average Bonchev–Trinajstić information content (AvgIpc) is 3.29. The van der Waals surface area contributed by atoms with Gasteiger partial charge in [0.2, 0.25) is 5.91 Å². The third kappa shape index (κ3) is 3.42. The van der Waals surface area contributed by atoms with E-state index in [1.54, 1.807) is 0 Å². The van der Waals surface area contributed by atoms with Gasteiger partial charge in [-0.05, 0) is 56.5 Å². The van der Waals surface area contributed by atoms with E-state index in [1.165, 1.54) is 25.7 Å². The van der Waals surface area contributed by atoms with Crippen LogP contribution in [-0.2, 0) is 9.53 Å². The van der Waals surface area contributed by atoms with Gasteiger partial charge in [0.15, 0.2) is 0 Å². The van der Waals surface area contributed by atoms with E-state index in [0.29, 0.717) is 23.2 Å². The fourth-order valence-electron chi connectivity index (χ4n) is 4.96. The van der Waals surface area contributed by atoms with E-state index in [0.717, 1.165) is 65.4 Å². The Morgan fingerprint density at radius 3 is 2.74 bits per heavy atom. The van der Waals surface area contributed by atoms with Crippen LogP contribution in [0, 0.1) is 17.3 Å². The second-order valence-corrected chi connectivity index (χ2v) is 8.07. The molecule has 4 aliphatic rings. The molecule has 2 unspecified atom stereocenters. The minimum absolute atomic E-state index is 0.340. The Bertz CT molecular complexity index is 430. The molecular formula is C18H31N3O2. The van der Waals surface area contributed by atoms with E-state index >= 15 is 0 Å². The highest BCUT2D eigenvalue weighted by Gasteiger charge is 2.58. The van der Waals surface area contributed by atoms with Gasteiger partial charge in [-0.2, -0.15) is 0 Å². The Balaban J connectivity index is 1.29. The topological polar surface area (TPSA) is 44.8 Å². The SMILES string of the molecule is O=C(C1CC12CCNCC2)N1CCCC(CN2CCOCC2)C1. The lowest BCUT2D eigenvalue weighted by Gasteiger charge is -2.37. The predicted molar refractivity (Wildman–Crippen MR) is 89.2 cm³/mol. The van der Waals surface area contributed by atoms with Gasteiger partial charge in [-0.15, -0.1) is 0 Å². The van der Waals surface area contributed by atoms with Gasteiger partial charge >= 0.3 is 0 Å². The molecule has 0 aromatic rings. The molecule has 3 heterocycles. The molecule has 5 heteroatoms. The van der Waals surface area contributed by atoms with Crippen LogP contribution in [0.5, 0.6) is 0 Å². The van der Waals surface area contributed by atoms with Crippen molar-refractivity contribution in [2.45, 2.75) is 32.1 Å². The highest BCUT2D eigenvalue weighted by molar-refractivity contribution is 5.82. The van der Waals surface area contributed by atoms with Crippen LogP contribution in [0.25, 0.3) is 0 Å². The number of piperidine rings is 2. The second-order valence-electron chi connectivity index (χ2n) is 8.07. The molecule has 0 aromatic heterocycles. The van der Waals surface area contributed by atoms with Crippen molar-refractivity contribution < 1.29 is 9.53 Å². The maximum absolute atomic E-state index is 12.9. The number of rotatable bonds is 3. The van der Waals surface area contributed by atoms with Crippen molar-refractivity contribution in [2.24, 2.45) is 17.3 Å². The molecule has 23 heavy (non-hydrogen) atoms. The summed E-state index contributed by atoms with van der Waals surface area (Å²) in [6.45, 7) is 9.18. The number of hydrogen-bond donors (Lipinski definition) is 1. The summed E-state index contributed by atoms with van der Waals surface area (Å²) in [7, 11) is 0. The van der Waals surface area contributed by atoms with Crippen molar-refractivity contribution in [3.63, 3.8) is 0 Å². The number of likely N-dealkylation sites (tertiary alicyclic amines) is 1. The van der Waals surface area contributed by atoms with Crippen LogP contribution in [0.4, 0.5) is 0 Å². The molecule has 1 aliphatic carbocycles. The third-order valence-electron chi connectivity index (χ3n) is 6.54. The quantitative estimate of drug-likeness (QED) is 0.840. The van der Waals surface area contributed by atoms with Gasteiger partial charge in [0, 0.05) is 38.6 Å². The fraction of sp³-hybridized carbons (Fsp3) is 0.944. The van der Waals surface area contributed by atoms with Crippen LogP contribution in [0.1, 0.15) is 32.1 Å². The standard InChI is InChI=1S/C18H31N3O2/c22-17(16-12-18(16)3-5-19-6-4-18)21-7-1-2-15(14-21)13-20-8-10-23-11-9-20/h15-16,19H,1-14H2. The number of hydrogen-bond acceptors (Lipinski definition) is 4. The Labute approximate surface area is 139 Å². The van der Waals surface area contributed by atoms with E-state index in [9.17, 15) is 4.79 Å². The third-order valence-corrected chi connectivity index (χ3v) is 6.54. The first-order valence-electron chi connectivity index (χ1n) is 9.56. The first kappa shape index (κ1) is 15.9. The molecule has 130 valence electrons. The molecule has 1 spiro atoms. The Morgan fingerprint density at radius 2 is 1.96 bits per heavy atom. The molecule has 4 fully saturated rings. The normalized spacial score (nSPS) is 34.5. The zero-order chi connectivity index (χ0) is 15.7. The zero-order valence-corrected chi connectivity index (χ0v) is 14.3. The molecular weight excluding hydrogens is 290 g/mol. The molecule has 4 rings (SSSR count). The Morgan fingerprint density at radius 1 is 1.17 bits per heavy atom. The van der Waals surface area contributed by atoms with Gasteiger partial charge < -0.3 is 15.0 Å². The van der Waals surface area contributed by atoms with Crippen LogP contribution in [0.15, 0.2) is 0 Å². The van der Waals surface area contributed by atoms with E-state index < -0.39 is 0 Å². The first-order valence-corrected chi connectivity index (χ1v) is 9.56. The highest BCUT2D eigenvalue weighted by Crippen LogP contribution is 2.59. The maximum Gasteiger partial charge on any atom is 0.226 e. The fourth-order valence-corrected chi connectivity index (χ4v) is 4.96. The summed E-state index contributed by atoms with van der Waals surface area (Å²) in [4.78, 5) is 17.7. The summed E-state index contributed by atoms with van der Waals surface area (Å²) in [6.07, 6.45) is 6.02. The number of carbonyl (C=O) groups excluding carboxylic acids is 1. The van der Waals surface area contributed by atoms with Crippen LogP contribution in [0.3, 0.4) is 0 Å². The van der Waals surface area contributed by atoms with E-state index in [-0.39, 0.29) is 0 Å². The Kier molecular flexibility index (Phi) is 4.61. The van der Waals surface area contributed by atoms with Crippen molar-refractivity contribution in [1.29, 1.82) is 0 Å². The molecule has 1 saturated carbocycles. The van der Waals surface area contributed by atoms with Gasteiger partial charge in [0.05, 0.1) is 13.2 Å². The lowest BCUT2D eigenvalue weighted by molar-refractivity contribution is -0.135. The largest absolute Gasteiger partial charge is 0.379 e. The highest BCUT2D eigenvalue weighted by atomic mass is 16.5. The first-order chi connectivity index (χ1) is 11.3. The molecule has 1 amide bonds. The van der Waals surface area contributed by atoms with Gasteiger partial charge in [0.1, 0.15) is 0 Å². The number of amides is 1. The molecule has 0 aromatic carbocycles. The molecule has 3 saturated heterocycles. The van der Waals surface area contributed by atoms with E-state index in [4.69, 9.17) is 4.74 Å². The lowest BCUT2D eigenvalue weighted by atomic mass is 9.91. The molecule has 0 bridgehead atoms. The smallest absolute Gasteiger partial charge is 0.226 e. The summed E-state index contributed by atoms with van der Waals surface area (Å²) >= 11 is 0. The molecule has 0 radical (unpaired) electrons. The molecule has 2 atom stereocenters. The van der Waals surface area contributed by atoms with Crippen molar-refractivity contribution in [1.82, 2.24) is 15.1 Å². The van der Waals surface area contributed by atoms with Crippen LogP contribution in [0.2, 0.25) is 0 Å². The van der Waals surface area contributed by atoms with Gasteiger partial charge in [-0.25, -0.2) is 0 Å². The molecule has 5 nitrogen and oxygen atoms in total. The van der Waals surface area contributed by atoms with Crippen LogP contribution < -0.4 is 5.32 Å². The number of nitrogens with zero attached hydrogens (tertiary/aromatic N) is 2. The number of morpholine rings is 1. The summed E-state index contributed by atoms with van der Waals surface area (Å²) in [5.74, 6) is 1.47. The maximum atomic E-state index is 12.9. The van der Waals surface area contributed by atoms with Gasteiger partial charge in [-0.1, -0.05) is 0 Å². The minimum atomic E-state index is 0.340. The van der Waals surface area contributed by atoms with Crippen LogP contribution in [-0.4, -0.2) is 74.7 Å². The van der Waals surface area contributed by atoms with E-state index in [1.807, 2.05) is 0 Å².